The summed E-state index contributed by atoms with van der Waals surface area (Å²) in [7, 11) is 0. The van der Waals surface area contributed by atoms with Gasteiger partial charge >= 0.3 is 0 Å². The zero-order valence-electron chi connectivity index (χ0n) is 10.2. The first-order chi connectivity index (χ1) is 9.47. The van der Waals surface area contributed by atoms with Gasteiger partial charge in [-0.05, 0) is 29.8 Å². The molecule has 2 N–H and O–H groups in total. The van der Waals surface area contributed by atoms with Crippen molar-refractivity contribution in [1.29, 1.82) is 0 Å². The van der Waals surface area contributed by atoms with Crippen molar-refractivity contribution in [1.82, 2.24) is 5.32 Å². The molecule has 0 saturated carbocycles. The van der Waals surface area contributed by atoms with Crippen molar-refractivity contribution in [2.45, 2.75) is 6.54 Å². The second-order valence-electron chi connectivity index (χ2n) is 4.10. The van der Waals surface area contributed by atoms with Gasteiger partial charge in [0.05, 0.1) is 5.56 Å². The summed E-state index contributed by atoms with van der Waals surface area (Å²) in [5.74, 6) is -3.88. The van der Waals surface area contributed by atoms with Crippen LogP contribution in [0.4, 0.5) is 13.2 Å². The Morgan fingerprint density at radius 1 is 1.00 bits per heavy atom. The van der Waals surface area contributed by atoms with Crippen LogP contribution in [0.2, 0.25) is 0 Å². The predicted octanol–water partition coefficient (Wildman–Crippen LogP) is 2.74. The molecule has 20 heavy (non-hydrogen) atoms. The van der Waals surface area contributed by atoms with Gasteiger partial charge < -0.3 is 10.4 Å². The molecule has 0 atom stereocenters. The molecule has 0 aliphatic carbocycles. The molecule has 2 aromatic rings. The lowest BCUT2D eigenvalue weighted by molar-refractivity contribution is 0.0947. The highest BCUT2D eigenvalue weighted by molar-refractivity contribution is 5.94. The van der Waals surface area contributed by atoms with Gasteiger partial charge in [0.1, 0.15) is 11.6 Å². The SMILES string of the molecule is O=C(NCc1ccc(F)c(F)c1)c1ccc(O)cc1F. The molecule has 104 valence electrons. The van der Waals surface area contributed by atoms with E-state index in [1.807, 2.05) is 0 Å². The number of nitrogens with one attached hydrogen (secondary N) is 1. The fourth-order valence-corrected chi connectivity index (χ4v) is 1.62. The van der Waals surface area contributed by atoms with Crippen LogP contribution in [0.3, 0.4) is 0 Å². The predicted molar refractivity (Wildman–Crippen MR) is 65.6 cm³/mol. The molecule has 6 heteroatoms. The number of aromatic hydroxyl groups is 1. The van der Waals surface area contributed by atoms with E-state index in [1.165, 1.54) is 12.1 Å². The minimum absolute atomic E-state index is 0.0731. The van der Waals surface area contributed by atoms with Crippen molar-refractivity contribution in [3.8, 4) is 5.75 Å². The maximum absolute atomic E-state index is 13.4. The monoisotopic (exact) mass is 281 g/mol. The highest BCUT2D eigenvalue weighted by Crippen LogP contribution is 2.15. The van der Waals surface area contributed by atoms with E-state index in [2.05, 4.69) is 5.32 Å². The van der Waals surface area contributed by atoms with Crippen LogP contribution in [-0.2, 0) is 6.54 Å². The fraction of sp³-hybridized carbons (Fsp3) is 0.0714. The average Bonchev–Trinajstić information content (AvgIpc) is 2.40. The molecule has 0 heterocycles. The number of hydrogen-bond donors (Lipinski definition) is 2. The molecule has 0 bridgehead atoms. The van der Waals surface area contributed by atoms with E-state index in [0.717, 1.165) is 24.3 Å². The molecule has 0 spiro atoms. The van der Waals surface area contributed by atoms with Crippen LogP contribution < -0.4 is 5.32 Å². The number of carbonyl (C=O) groups excluding carboxylic acids is 1. The Balaban J connectivity index is 2.06. The number of halogens is 3. The summed E-state index contributed by atoms with van der Waals surface area (Å²) < 4.78 is 39.1. The van der Waals surface area contributed by atoms with Gasteiger partial charge in [0.2, 0.25) is 0 Å². The number of benzene rings is 2. The summed E-state index contributed by atoms with van der Waals surface area (Å²) >= 11 is 0. The smallest absolute Gasteiger partial charge is 0.254 e. The fourth-order valence-electron chi connectivity index (χ4n) is 1.62. The topological polar surface area (TPSA) is 49.3 Å². The number of phenols is 1. The Kier molecular flexibility index (Phi) is 3.93. The third-order valence-corrected chi connectivity index (χ3v) is 2.63. The second-order valence-corrected chi connectivity index (χ2v) is 4.10. The van der Waals surface area contributed by atoms with Crippen molar-refractivity contribution in [3.05, 3.63) is 65.0 Å². The van der Waals surface area contributed by atoms with Crippen molar-refractivity contribution >= 4 is 5.91 Å². The maximum Gasteiger partial charge on any atom is 0.254 e. The lowest BCUT2D eigenvalue weighted by atomic mass is 10.1. The van der Waals surface area contributed by atoms with Gasteiger partial charge in [-0.3, -0.25) is 4.79 Å². The highest BCUT2D eigenvalue weighted by atomic mass is 19.2. The first kappa shape index (κ1) is 13.9. The van der Waals surface area contributed by atoms with Crippen molar-refractivity contribution in [2.24, 2.45) is 0 Å². The van der Waals surface area contributed by atoms with Gasteiger partial charge in [-0.1, -0.05) is 6.07 Å². The summed E-state index contributed by atoms with van der Waals surface area (Å²) in [5, 5.41) is 11.4. The van der Waals surface area contributed by atoms with Crippen molar-refractivity contribution in [3.63, 3.8) is 0 Å². The Bertz CT molecular complexity index is 659. The summed E-state index contributed by atoms with van der Waals surface area (Å²) in [5.41, 5.74) is 0.0989. The largest absolute Gasteiger partial charge is 0.508 e. The Morgan fingerprint density at radius 3 is 2.40 bits per heavy atom. The lowest BCUT2D eigenvalue weighted by Gasteiger charge is -2.07. The van der Waals surface area contributed by atoms with Crippen LogP contribution in [0, 0.1) is 17.5 Å². The van der Waals surface area contributed by atoms with E-state index in [0.29, 0.717) is 5.56 Å². The Hall–Kier alpha value is -2.50. The lowest BCUT2D eigenvalue weighted by Crippen LogP contribution is -2.23. The first-order valence-electron chi connectivity index (χ1n) is 5.68. The zero-order valence-corrected chi connectivity index (χ0v) is 10.2. The standard InChI is InChI=1S/C14H10F3NO2/c15-11-4-1-8(5-13(11)17)7-18-14(20)10-3-2-9(19)6-12(10)16/h1-6,19H,7H2,(H,18,20). The molecule has 2 rings (SSSR count). The van der Waals surface area contributed by atoms with E-state index in [-0.39, 0.29) is 17.9 Å². The Morgan fingerprint density at radius 2 is 1.75 bits per heavy atom. The molecule has 0 aliphatic rings. The molecule has 1 amide bonds. The molecule has 0 aromatic heterocycles. The number of phenolic OH excluding ortho intramolecular Hbond substituents is 1. The molecule has 2 aromatic carbocycles. The minimum atomic E-state index is -1.02. The molecule has 0 fully saturated rings. The summed E-state index contributed by atoms with van der Waals surface area (Å²) in [6.45, 7) is -0.0731. The van der Waals surface area contributed by atoms with Gasteiger partial charge in [0, 0.05) is 12.6 Å². The number of amides is 1. The highest BCUT2D eigenvalue weighted by Gasteiger charge is 2.12. The molecular formula is C14H10F3NO2. The van der Waals surface area contributed by atoms with Crippen molar-refractivity contribution in [2.75, 3.05) is 0 Å². The van der Waals surface area contributed by atoms with E-state index >= 15 is 0 Å². The normalized spacial score (nSPS) is 10.3. The third-order valence-electron chi connectivity index (χ3n) is 2.63. The number of carbonyl (C=O) groups is 1. The Labute approximate surface area is 112 Å². The van der Waals surface area contributed by atoms with Gasteiger partial charge in [-0.25, -0.2) is 13.2 Å². The summed E-state index contributed by atoms with van der Waals surface area (Å²) in [6.07, 6.45) is 0. The van der Waals surface area contributed by atoms with Gasteiger partial charge in [-0.15, -0.1) is 0 Å². The van der Waals surface area contributed by atoms with Crippen LogP contribution in [0.25, 0.3) is 0 Å². The van der Waals surface area contributed by atoms with Crippen molar-refractivity contribution < 1.29 is 23.1 Å². The van der Waals surface area contributed by atoms with Crippen LogP contribution in [-0.4, -0.2) is 11.0 Å². The van der Waals surface area contributed by atoms with Crippen LogP contribution >= 0.6 is 0 Å². The summed E-state index contributed by atoms with van der Waals surface area (Å²) in [6, 6.07) is 6.32. The van der Waals surface area contributed by atoms with E-state index in [4.69, 9.17) is 5.11 Å². The van der Waals surface area contributed by atoms with Gasteiger partial charge in [0.15, 0.2) is 11.6 Å². The third kappa shape index (κ3) is 3.09. The summed E-state index contributed by atoms with van der Waals surface area (Å²) in [4.78, 5) is 11.7. The zero-order chi connectivity index (χ0) is 14.7. The maximum atomic E-state index is 13.4. The molecule has 0 radical (unpaired) electrons. The molecular weight excluding hydrogens is 271 g/mol. The van der Waals surface area contributed by atoms with Gasteiger partial charge in [-0.2, -0.15) is 0 Å². The average molecular weight is 281 g/mol. The minimum Gasteiger partial charge on any atom is -0.508 e. The second kappa shape index (κ2) is 5.64. The molecule has 0 unspecified atom stereocenters. The molecule has 3 nitrogen and oxygen atoms in total. The molecule has 0 aliphatic heterocycles. The van der Waals surface area contributed by atoms with Crippen LogP contribution in [0.5, 0.6) is 5.75 Å². The van der Waals surface area contributed by atoms with Crippen LogP contribution in [0.15, 0.2) is 36.4 Å². The van der Waals surface area contributed by atoms with E-state index in [1.54, 1.807) is 0 Å². The number of rotatable bonds is 3. The van der Waals surface area contributed by atoms with E-state index in [9.17, 15) is 18.0 Å². The molecule has 0 saturated heterocycles. The first-order valence-corrected chi connectivity index (χ1v) is 5.68. The quantitative estimate of drug-likeness (QED) is 0.908. The van der Waals surface area contributed by atoms with E-state index < -0.39 is 23.4 Å². The van der Waals surface area contributed by atoms with Crippen LogP contribution in [0.1, 0.15) is 15.9 Å². The van der Waals surface area contributed by atoms with Gasteiger partial charge in [0.25, 0.3) is 5.91 Å². The number of hydrogen-bond acceptors (Lipinski definition) is 2.